The number of aromatic nitrogens is 1. The SMILES string of the molecule is CN/C=C(\C=N)c1cnc(N)c(/C(N)=C/C=C(\N)N(F)/C(C=O)=C/N(/C=C(\C)c2ccc(C)cc2)CC2CCOCC2)c1. The van der Waals surface area contributed by atoms with Crippen molar-refractivity contribution in [3.63, 3.8) is 0 Å². The number of halogens is 1. The maximum Gasteiger partial charge on any atom is 0.170 e. The molecular weight excluding hydrogens is 547 g/mol. The number of ether oxygens (including phenoxy) is 1. The maximum atomic E-state index is 15.5. The number of nitrogens with one attached hydrogen (secondary N) is 2. The number of anilines is 1. The Morgan fingerprint density at radius 3 is 2.49 bits per heavy atom. The molecule has 43 heavy (non-hydrogen) atoms. The summed E-state index contributed by atoms with van der Waals surface area (Å²) in [6.07, 6.45) is 12.5. The highest BCUT2D eigenvalue weighted by Crippen LogP contribution is 2.23. The van der Waals surface area contributed by atoms with Crippen LogP contribution in [0.15, 0.2) is 78.8 Å². The molecule has 8 N–H and O–H groups in total. The first-order valence-electron chi connectivity index (χ1n) is 14.0. The summed E-state index contributed by atoms with van der Waals surface area (Å²) in [4.78, 5) is 18.1. The summed E-state index contributed by atoms with van der Waals surface area (Å²) in [6.45, 7) is 5.91. The van der Waals surface area contributed by atoms with Gasteiger partial charge in [0, 0.05) is 80.2 Å². The van der Waals surface area contributed by atoms with Crippen LogP contribution in [-0.2, 0) is 9.53 Å². The van der Waals surface area contributed by atoms with E-state index in [1.807, 2.05) is 49.2 Å². The molecule has 0 spiro atoms. The molecule has 1 fully saturated rings. The Kier molecular flexibility index (Phi) is 12.1. The van der Waals surface area contributed by atoms with Crippen LogP contribution in [0.1, 0.15) is 42.0 Å². The number of allylic oxidation sites excluding steroid dienone is 5. The van der Waals surface area contributed by atoms with Crippen LogP contribution in [0.5, 0.6) is 0 Å². The molecule has 1 aromatic carbocycles. The van der Waals surface area contributed by atoms with E-state index >= 15 is 4.48 Å². The van der Waals surface area contributed by atoms with E-state index in [1.54, 1.807) is 19.3 Å². The summed E-state index contributed by atoms with van der Waals surface area (Å²) < 4.78 is 21.0. The Bertz CT molecular complexity index is 1420. The minimum atomic E-state index is -0.357. The Morgan fingerprint density at radius 2 is 1.86 bits per heavy atom. The van der Waals surface area contributed by atoms with Gasteiger partial charge in [-0.15, -0.1) is 0 Å². The van der Waals surface area contributed by atoms with Gasteiger partial charge < -0.3 is 37.6 Å². The van der Waals surface area contributed by atoms with E-state index in [0.29, 0.717) is 48.7 Å². The van der Waals surface area contributed by atoms with Crippen LogP contribution in [0, 0.1) is 18.3 Å². The lowest BCUT2D eigenvalue weighted by Crippen LogP contribution is -2.28. The van der Waals surface area contributed by atoms with Gasteiger partial charge in [-0.25, -0.2) is 4.98 Å². The van der Waals surface area contributed by atoms with Gasteiger partial charge in [0.25, 0.3) is 0 Å². The van der Waals surface area contributed by atoms with Gasteiger partial charge in [0.05, 0.1) is 0 Å². The molecule has 2 heterocycles. The first-order chi connectivity index (χ1) is 20.7. The lowest BCUT2D eigenvalue weighted by atomic mass is 9.99. The molecule has 1 saturated heterocycles. The van der Waals surface area contributed by atoms with Crippen LogP contribution in [-0.4, -0.2) is 54.3 Å². The van der Waals surface area contributed by atoms with E-state index < -0.39 is 0 Å². The number of benzene rings is 1. The standard InChI is InChI=1S/C32H41FN8O2/c1-22-4-6-25(7-5-22)23(2)18-40(19-24-10-12-43-13-11-24)20-28(21-42)41(33)31(36)9-8-30(35)29-14-26(17-39-32(29)37)27(15-34)16-38-3/h4-9,14-18,20-21,24,34,38H,10-13,19,35-36H2,1-3H3,(H2,37,39)/b23-18+,27-16+,28-20+,30-8-,31-9+,34-15?. The number of carbonyl (C=O) groups excluding carboxylic acids is 1. The summed E-state index contributed by atoms with van der Waals surface area (Å²) in [6, 6.07) is 9.79. The van der Waals surface area contributed by atoms with Crippen molar-refractivity contribution in [3.8, 4) is 0 Å². The fraction of sp³-hybridized carbons (Fsp3) is 0.281. The van der Waals surface area contributed by atoms with Crippen LogP contribution in [0.25, 0.3) is 16.8 Å². The molecule has 1 aliphatic heterocycles. The Hall–Kier alpha value is -4.90. The van der Waals surface area contributed by atoms with E-state index in [1.165, 1.54) is 30.8 Å². The first kappa shape index (κ1) is 32.6. The summed E-state index contributed by atoms with van der Waals surface area (Å²) in [7, 11) is 1.72. The van der Waals surface area contributed by atoms with Crippen molar-refractivity contribution in [1.29, 1.82) is 5.41 Å². The molecule has 11 heteroatoms. The van der Waals surface area contributed by atoms with Gasteiger partial charge in [-0.3, -0.25) is 4.79 Å². The summed E-state index contributed by atoms with van der Waals surface area (Å²) in [5, 5.41) is 10.6. The van der Waals surface area contributed by atoms with Crippen LogP contribution in [0.4, 0.5) is 10.3 Å². The molecule has 10 nitrogen and oxygen atoms in total. The number of nitrogens with zero attached hydrogens (tertiary/aromatic N) is 3. The van der Waals surface area contributed by atoms with E-state index in [9.17, 15) is 4.79 Å². The number of pyridine rings is 1. The number of aldehydes is 1. The molecule has 3 rings (SSSR count). The second kappa shape index (κ2) is 15.9. The molecule has 0 unspecified atom stereocenters. The van der Waals surface area contributed by atoms with Crippen molar-refractivity contribution in [2.75, 3.05) is 32.5 Å². The zero-order valence-electron chi connectivity index (χ0n) is 24.9. The predicted molar refractivity (Wildman–Crippen MR) is 171 cm³/mol. The number of hydrogen-bond acceptors (Lipinski definition) is 10. The maximum absolute atomic E-state index is 15.5. The second-order valence-corrected chi connectivity index (χ2v) is 10.3. The Morgan fingerprint density at radius 1 is 1.16 bits per heavy atom. The van der Waals surface area contributed by atoms with Gasteiger partial charge in [-0.2, -0.15) is 5.12 Å². The largest absolute Gasteiger partial charge is 0.398 e. The number of carbonyl (C=O) groups is 1. The number of nitrogen functional groups attached to an aromatic ring is 1. The molecule has 228 valence electrons. The van der Waals surface area contributed by atoms with Crippen LogP contribution in [0.3, 0.4) is 0 Å². The molecule has 0 radical (unpaired) electrons. The predicted octanol–water partition coefficient (Wildman–Crippen LogP) is 4.30. The molecule has 0 atom stereocenters. The normalized spacial score (nSPS) is 15.7. The minimum Gasteiger partial charge on any atom is -0.398 e. The van der Waals surface area contributed by atoms with Crippen molar-refractivity contribution in [3.05, 3.63) is 101 Å². The van der Waals surface area contributed by atoms with Gasteiger partial charge in [0.15, 0.2) is 6.29 Å². The minimum absolute atomic E-state index is 0.115. The molecule has 2 aromatic rings. The number of nitrogens with two attached hydrogens (primary N) is 3. The molecular formula is C32H41FN8O2. The van der Waals surface area contributed by atoms with Gasteiger partial charge in [0.2, 0.25) is 0 Å². The van der Waals surface area contributed by atoms with Crippen molar-refractivity contribution >= 4 is 35.2 Å². The molecule has 1 aliphatic rings. The van der Waals surface area contributed by atoms with Gasteiger partial charge in [-0.05, 0) is 62.0 Å². The van der Waals surface area contributed by atoms with Crippen LogP contribution in [0.2, 0.25) is 0 Å². The van der Waals surface area contributed by atoms with E-state index in [0.717, 1.165) is 29.5 Å². The highest BCUT2D eigenvalue weighted by atomic mass is 19.2. The van der Waals surface area contributed by atoms with E-state index in [4.69, 9.17) is 27.3 Å². The number of aryl methyl sites for hydroxylation is 1. The monoisotopic (exact) mass is 588 g/mol. The zero-order chi connectivity index (χ0) is 31.4. The van der Waals surface area contributed by atoms with Crippen molar-refractivity contribution in [2.24, 2.45) is 17.4 Å². The Labute approximate surface area is 252 Å². The van der Waals surface area contributed by atoms with Crippen LogP contribution >= 0.6 is 0 Å². The highest BCUT2D eigenvalue weighted by molar-refractivity contribution is 6.08. The van der Waals surface area contributed by atoms with Crippen molar-refractivity contribution < 1.29 is 14.0 Å². The second-order valence-electron chi connectivity index (χ2n) is 10.3. The van der Waals surface area contributed by atoms with Gasteiger partial charge in [0.1, 0.15) is 17.3 Å². The zero-order valence-corrected chi connectivity index (χ0v) is 24.9. The molecule has 0 saturated carbocycles. The third-order valence-electron chi connectivity index (χ3n) is 7.00. The van der Waals surface area contributed by atoms with Crippen molar-refractivity contribution in [1.82, 2.24) is 20.3 Å². The third-order valence-corrected chi connectivity index (χ3v) is 7.00. The smallest absolute Gasteiger partial charge is 0.170 e. The fourth-order valence-corrected chi connectivity index (χ4v) is 4.51. The number of rotatable bonds is 13. The summed E-state index contributed by atoms with van der Waals surface area (Å²) >= 11 is 0. The average Bonchev–Trinajstić information content (AvgIpc) is 3.01. The van der Waals surface area contributed by atoms with Gasteiger partial charge >= 0.3 is 0 Å². The fourth-order valence-electron chi connectivity index (χ4n) is 4.51. The summed E-state index contributed by atoms with van der Waals surface area (Å²) in [5.41, 5.74) is 22.9. The van der Waals surface area contributed by atoms with E-state index in [2.05, 4.69) is 10.3 Å². The topological polar surface area (TPSA) is 160 Å². The lowest BCUT2D eigenvalue weighted by molar-refractivity contribution is -0.107. The summed E-state index contributed by atoms with van der Waals surface area (Å²) in [5.74, 6) is 0.113. The first-order valence-corrected chi connectivity index (χ1v) is 14.0. The average molecular weight is 589 g/mol. The molecule has 1 aromatic heterocycles. The van der Waals surface area contributed by atoms with Crippen LogP contribution < -0.4 is 22.5 Å². The van der Waals surface area contributed by atoms with Crippen molar-refractivity contribution in [2.45, 2.75) is 26.7 Å². The third kappa shape index (κ3) is 9.30. The Balaban J connectivity index is 1.89. The lowest BCUT2D eigenvalue weighted by Gasteiger charge is -2.28. The highest BCUT2D eigenvalue weighted by Gasteiger charge is 2.18. The molecule has 0 bridgehead atoms. The number of hydrogen-bond donors (Lipinski definition) is 5. The van der Waals surface area contributed by atoms with E-state index in [-0.39, 0.29) is 28.2 Å². The van der Waals surface area contributed by atoms with Gasteiger partial charge in [-0.1, -0.05) is 34.3 Å². The molecule has 0 amide bonds. The quantitative estimate of drug-likeness (QED) is 0.0756. The molecule has 0 aliphatic carbocycles.